The standard InChI is InChI=1S/C11H11F2NO2/c12-6-1-2-7(10(13)3-6)8-4-14-5-9(8)11(15)16/h1-3,8-9,14H,4-5H2,(H,15,16)/t8-,9-/m1/s1. The van der Waals surface area contributed by atoms with E-state index in [1.165, 1.54) is 6.07 Å². The van der Waals surface area contributed by atoms with Crippen molar-refractivity contribution in [2.24, 2.45) is 5.92 Å². The zero-order valence-corrected chi connectivity index (χ0v) is 8.41. The number of hydrogen-bond acceptors (Lipinski definition) is 2. The number of halogens is 2. The van der Waals surface area contributed by atoms with Crippen molar-refractivity contribution in [3.05, 3.63) is 35.4 Å². The predicted molar refractivity (Wildman–Crippen MR) is 53.1 cm³/mol. The topological polar surface area (TPSA) is 49.3 Å². The number of benzene rings is 1. The third-order valence-electron chi connectivity index (χ3n) is 2.89. The fraction of sp³-hybridized carbons (Fsp3) is 0.364. The fourth-order valence-electron chi connectivity index (χ4n) is 2.07. The Bertz CT molecular complexity index is 422. The molecule has 0 bridgehead atoms. The molecule has 1 aromatic carbocycles. The summed E-state index contributed by atoms with van der Waals surface area (Å²) in [4.78, 5) is 10.9. The molecule has 0 aromatic heterocycles. The first kappa shape index (κ1) is 11.0. The van der Waals surface area contributed by atoms with Gasteiger partial charge < -0.3 is 10.4 Å². The third-order valence-corrected chi connectivity index (χ3v) is 2.89. The van der Waals surface area contributed by atoms with E-state index < -0.39 is 29.4 Å². The van der Waals surface area contributed by atoms with Crippen LogP contribution in [-0.4, -0.2) is 24.2 Å². The lowest BCUT2D eigenvalue weighted by Crippen LogP contribution is -2.21. The van der Waals surface area contributed by atoms with Crippen LogP contribution in [-0.2, 0) is 4.79 Å². The highest BCUT2D eigenvalue weighted by Gasteiger charge is 2.35. The molecule has 0 saturated carbocycles. The highest BCUT2D eigenvalue weighted by atomic mass is 19.1. The highest BCUT2D eigenvalue weighted by molar-refractivity contribution is 5.72. The average Bonchev–Trinajstić information content (AvgIpc) is 2.66. The molecule has 1 fully saturated rings. The molecule has 1 heterocycles. The second kappa shape index (κ2) is 4.17. The normalized spacial score (nSPS) is 24.6. The Morgan fingerprint density at radius 1 is 1.38 bits per heavy atom. The Morgan fingerprint density at radius 3 is 2.75 bits per heavy atom. The van der Waals surface area contributed by atoms with Gasteiger partial charge >= 0.3 is 5.97 Å². The van der Waals surface area contributed by atoms with Crippen molar-refractivity contribution < 1.29 is 18.7 Å². The number of nitrogens with one attached hydrogen (secondary N) is 1. The van der Waals surface area contributed by atoms with Crippen molar-refractivity contribution in [3.63, 3.8) is 0 Å². The maximum absolute atomic E-state index is 13.5. The van der Waals surface area contributed by atoms with E-state index >= 15 is 0 Å². The summed E-state index contributed by atoms with van der Waals surface area (Å²) in [6, 6.07) is 3.25. The van der Waals surface area contributed by atoms with Gasteiger partial charge in [0.25, 0.3) is 0 Å². The van der Waals surface area contributed by atoms with Gasteiger partial charge in [-0.15, -0.1) is 0 Å². The van der Waals surface area contributed by atoms with Crippen molar-refractivity contribution >= 4 is 5.97 Å². The van der Waals surface area contributed by atoms with Crippen LogP contribution in [0.3, 0.4) is 0 Å². The van der Waals surface area contributed by atoms with Crippen LogP contribution >= 0.6 is 0 Å². The van der Waals surface area contributed by atoms with E-state index in [4.69, 9.17) is 5.11 Å². The van der Waals surface area contributed by atoms with Crippen LogP contribution in [0.25, 0.3) is 0 Å². The first-order valence-electron chi connectivity index (χ1n) is 4.98. The summed E-state index contributed by atoms with van der Waals surface area (Å²) in [5.74, 6) is -3.38. The molecule has 0 aliphatic carbocycles. The highest BCUT2D eigenvalue weighted by Crippen LogP contribution is 2.30. The summed E-state index contributed by atoms with van der Waals surface area (Å²) in [5.41, 5.74) is 0.263. The van der Waals surface area contributed by atoms with Gasteiger partial charge in [-0.25, -0.2) is 8.78 Å². The van der Waals surface area contributed by atoms with E-state index in [1.54, 1.807) is 0 Å². The van der Waals surface area contributed by atoms with E-state index in [-0.39, 0.29) is 5.56 Å². The quantitative estimate of drug-likeness (QED) is 0.801. The van der Waals surface area contributed by atoms with Gasteiger partial charge in [-0.05, 0) is 11.6 Å². The Labute approximate surface area is 91.1 Å². The van der Waals surface area contributed by atoms with Gasteiger partial charge in [-0.2, -0.15) is 0 Å². The lowest BCUT2D eigenvalue weighted by molar-refractivity contribution is -0.141. The monoisotopic (exact) mass is 227 g/mol. The first-order chi connectivity index (χ1) is 7.59. The van der Waals surface area contributed by atoms with Crippen molar-refractivity contribution in [1.29, 1.82) is 0 Å². The molecule has 1 aliphatic rings. The van der Waals surface area contributed by atoms with Crippen molar-refractivity contribution in [3.8, 4) is 0 Å². The third kappa shape index (κ3) is 1.90. The summed E-state index contributed by atoms with van der Waals surface area (Å²) in [7, 11) is 0. The first-order valence-corrected chi connectivity index (χ1v) is 4.98. The van der Waals surface area contributed by atoms with Crippen molar-refractivity contribution in [1.82, 2.24) is 5.32 Å². The Morgan fingerprint density at radius 2 is 2.12 bits per heavy atom. The number of rotatable bonds is 2. The van der Waals surface area contributed by atoms with E-state index in [2.05, 4.69) is 5.32 Å². The van der Waals surface area contributed by atoms with Crippen molar-refractivity contribution in [2.75, 3.05) is 13.1 Å². The van der Waals surface area contributed by atoms with E-state index in [1.807, 2.05) is 0 Å². The molecule has 0 amide bonds. The number of carbonyl (C=O) groups is 1. The summed E-state index contributed by atoms with van der Waals surface area (Å²) in [6.07, 6.45) is 0. The lowest BCUT2D eigenvalue weighted by Gasteiger charge is -2.15. The molecular weight excluding hydrogens is 216 g/mol. The molecule has 2 N–H and O–H groups in total. The smallest absolute Gasteiger partial charge is 0.308 e. The van der Waals surface area contributed by atoms with Crippen LogP contribution in [0.2, 0.25) is 0 Å². The molecule has 1 aliphatic heterocycles. The lowest BCUT2D eigenvalue weighted by atomic mass is 9.89. The van der Waals surface area contributed by atoms with E-state index in [0.717, 1.165) is 12.1 Å². The van der Waals surface area contributed by atoms with Crippen LogP contribution in [0.4, 0.5) is 8.78 Å². The molecule has 3 nitrogen and oxygen atoms in total. The van der Waals surface area contributed by atoms with Gasteiger partial charge in [0.05, 0.1) is 5.92 Å². The Balaban J connectivity index is 2.32. The predicted octanol–water partition coefficient (Wildman–Crippen LogP) is 1.35. The molecule has 0 unspecified atom stereocenters. The second-order valence-corrected chi connectivity index (χ2v) is 3.88. The number of carboxylic acids is 1. The minimum absolute atomic E-state index is 0.263. The molecule has 86 valence electrons. The molecule has 2 atom stereocenters. The SMILES string of the molecule is O=C(O)[C@@H]1CNC[C@@H]1c1ccc(F)cc1F. The van der Waals surface area contributed by atoms with Gasteiger partial charge in [-0.1, -0.05) is 6.07 Å². The van der Waals surface area contributed by atoms with Crippen LogP contribution < -0.4 is 5.32 Å². The molecule has 5 heteroatoms. The second-order valence-electron chi connectivity index (χ2n) is 3.88. The van der Waals surface area contributed by atoms with Crippen LogP contribution in [0.1, 0.15) is 11.5 Å². The van der Waals surface area contributed by atoms with Gasteiger partial charge in [0.15, 0.2) is 0 Å². The van der Waals surface area contributed by atoms with Gasteiger partial charge in [0.1, 0.15) is 11.6 Å². The molecule has 1 aromatic rings. The van der Waals surface area contributed by atoms with Gasteiger partial charge in [-0.3, -0.25) is 4.79 Å². The number of carboxylic acid groups (broad SMARTS) is 1. The summed E-state index contributed by atoms with van der Waals surface area (Å²) in [6.45, 7) is 0.719. The maximum Gasteiger partial charge on any atom is 0.308 e. The summed E-state index contributed by atoms with van der Waals surface area (Å²) < 4.78 is 26.2. The maximum atomic E-state index is 13.5. The molecule has 16 heavy (non-hydrogen) atoms. The number of aliphatic carboxylic acids is 1. The molecular formula is C11H11F2NO2. The fourth-order valence-corrected chi connectivity index (χ4v) is 2.07. The van der Waals surface area contributed by atoms with Crippen LogP contribution in [0, 0.1) is 17.6 Å². The average molecular weight is 227 g/mol. The largest absolute Gasteiger partial charge is 0.481 e. The molecule has 0 spiro atoms. The molecule has 1 saturated heterocycles. The molecule has 2 rings (SSSR count). The number of hydrogen-bond donors (Lipinski definition) is 2. The van der Waals surface area contributed by atoms with Crippen LogP contribution in [0.5, 0.6) is 0 Å². The minimum Gasteiger partial charge on any atom is -0.481 e. The zero-order chi connectivity index (χ0) is 11.7. The Hall–Kier alpha value is -1.49. The Kier molecular flexibility index (Phi) is 2.87. The van der Waals surface area contributed by atoms with Gasteiger partial charge in [0.2, 0.25) is 0 Å². The zero-order valence-electron chi connectivity index (χ0n) is 8.41. The summed E-state index contributed by atoms with van der Waals surface area (Å²) in [5, 5.41) is 11.9. The van der Waals surface area contributed by atoms with E-state index in [0.29, 0.717) is 13.1 Å². The molecule has 0 radical (unpaired) electrons. The van der Waals surface area contributed by atoms with Crippen molar-refractivity contribution in [2.45, 2.75) is 5.92 Å². The van der Waals surface area contributed by atoms with Crippen LogP contribution in [0.15, 0.2) is 18.2 Å². The minimum atomic E-state index is -0.960. The van der Waals surface area contributed by atoms with E-state index in [9.17, 15) is 13.6 Å². The van der Waals surface area contributed by atoms with Gasteiger partial charge in [0, 0.05) is 25.1 Å². The summed E-state index contributed by atoms with van der Waals surface area (Å²) >= 11 is 0.